The third kappa shape index (κ3) is 4.45. The molecule has 2 aromatic rings. The van der Waals surface area contributed by atoms with E-state index in [9.17, 15) is 4.79 Å². The van der Waals surface area contributed by atoms with Crippen molar-refractivity contribution in [1.82, 2.24) is 25.1 Å². The molecule has 0 atom stereocenters. The number of hydrogen-bond donors (Lipinski definition) is 2. The molecule has 6 heteroatoms. The van der Waals surface area contributed by atoms with Crippen LogP contribution in [0.5, 0.6) is 0 Å². The van der Waals surface area contributed by atoms with Gasteiger partial charge in [0.05, 0.1) is 17.6 Å². The van der Waals surface area contributed by atoms with Crippen molar-refractivity contribution in [2.24, 2.45) is 0 Å². The molecular weight excluding hydrogens is 290 g/mol. The van der Waals surface area contributed by atoms with Gasteiger partial charge in [0.1, 0.15) is 5.82 Å². The Labute approximate surface area is 137 Å². The summed E-state index contributed by atoms with van der Waals surface area (Å²) >= 11 is 0. The maximum Gasteiger partial charge on any atom is 0.317 e. The lowest BCUT2D eigenvalue weighted by molar-refractivity contribution is 0.194. The van der Waals surface area contributed by atoms with E-state index in [0.717, 1.165) is 23.4 Å². The first-order valence-corrected chi connectivity index (χ1v) is 8.04. The van der Waals surface area contributed by atoms with Gasteiger partial charge in [-0.05, 0) is 58.1 Å². The summed E-state index contributed by atoms with van der Waals surface area (Å²) in [6.07, 6.45) is 0. The summed E-state index contributed by atoms with van der Waals surface area (Å²) in [5.74, 6) is 0.780. The zero-order valence-corrected chi connectivity index (χ0v) is 14.7. The number of carbonyl (C=O) groups is 1. The summed E-state index contributed by atoms with van der Waals surface area (Å²) in [7, 11) is 4.01. The number of nitrogens with one attached hydrogen (secondary N) is 2. The maximum absolute atomic E-state index is 12.2. The van der Waals surface area contributed by atoms with E-state index in [1.807, 2.05) is 21.0 Å². The molecule has 0 saturated heterocycles. The van der Waals surface area contributed by atoms with Crippen LogP contribution in [0.4, 0.5) is 4.79 Å². The van der Waals surface area contributed by atoms with E-state index in [2.05, 4.69) is 46.2 Å². The fourth-order valence-electron chi connectivity index (χ4n) is 2.40. The highest BCUT2D eigenvalue weighted by atomic mass is 16.2. The van der Waals surface area contributed by atoms with Crippen LogP contribution in [0, 0.1) is 13.8 Å². The van der Waals surface area contributed by atoms with Gasteiger partial charge in [-0.15, -0.1) is 0 Å². The monoisotopic (exact) mass is 317 g/mol. The molecule has 0 radical (unpaired) electrons. The standard InChI is InChI=1S/C17H27N5O/c1-6-22(8-7-21(4)5)17(23)18-11-16-19-14-9-12(2)13(3)10-15(14)20-16/h9-10H,6-8,11H2,1-5H3,(H,18,23)(H,19,20). The van der Waals surface area contributed by atoms with Gasteiger partial charge in [0, 0.05) is 19.6 Å². The zero-order chi connectivity index (χ0) is 17.0. The van der Waals surface area contributed by atoms with Crippen molar-refractivity contribution in [3.63, 3.8) is 0 Å². The number of likely N-dealkylation sites (N-methyl/N-ethyl adjacent to an activating group) is 2. The van der Waals surface area contributed by atoms with Crippen molar-refractivity contribution >= 4 is 17.1 Å². The van der Waals surface area contributed by atoms with Crippen molar-refractivity contribution in [3.05, 3.63) is 29.1 Å². The predicted octanol–water partition coefficient (Wildman–Crippen LogP) is 2.27. The molecule has 2 amide bonds. The number of aryl methyl sites for hydroxylation is 2. The van der Waals surface area contributed by atoms with E-state index in [-0.39, 0.29) is 6.03 Å². The van der Waals surface area contributed by atoms with Gasteiger partial charge in [0.2, 0.25) is 0 Å². The highest BCUT2D eigenvalue weighted by Gasteiger charge is 2.12. The Balaban J connectivity index is 1.98. The topological polar surface area (TPSA) is 64.3 Å². The van der Waals surface area contributed by atoms with Crippen LogP contribution in [0.2, 0.25) is 0 Å². The van der Waals surface area contributed by atoms with E-state index in [0.29, 0.717) is 19.6 Å². The summed E-state index contributed by atoms with van der Waals surface area (Å²) in [5, 5.41) is 2.94. The molecule has 1 aromatic carbocycles. The van der Waals surface area contributed by atoms with Crippen LogP contribution >= 0.6 is 0 Å². The first-order chi connectivity index (χ1) is 10.9. The average Bonchev–Trinajstić information content (AvgIpc) is 2.87. The van der Waals surface area contributed by atoms with Crippen LogP contribution in [0.15, 0.2) is 12.1 Å². The Hall–Kier alpha value is -2.08. The number of urea groups is 1. The normalized spacial score (nSPS) is 11.2. The second kappa shape index (κ2) is 7.46. The molecule has 0 saturated carbocycles. The Kier molecular flexibility index (Phi) is 5.60. The van der Waals surface area contributed by atoms with Gasteiger partial charge >= 0.3 is 6.03 Å². The average molecular weight is 317 g/mol. The lowest BCUT2D eigenvalue weighted by atomic mass is 10.1. The van der Waals surface area contributed by atoms with Gasteiger partial charge in [0.15, 0.2) is 0 Å². The van der Waals surface area contributed by atoms with Crippen LogP contribution in [-0.2, 0) is 6.54 Å². The van der Waals surface area contributed by atoms with Crippen LogP contribution in [0.1, 0.15) is 23.9 Å². The number of nitrogens with zero attached hydrogens (tertiary/aromatic N) is 3. The summed E-state index contributed by atoms with van der Waals surface area (Å²) in [6.45, 7) is 8.82. The van der Waals surface area contributed by atoms with Crippen LogP contribution in [0.3, 0.4) is 0 Å². The molecule has 0 bridgehead atoms. The lowest BCUT2D eigenvalue weighted by Gasteiger charge is -2.22. The number of amides is 2. The summed E-state index contributed by atoms with van der Waals surface area (Å²) < 4.78 is 0. The third-order valence-electron chi connectivity index (χ3n) is 4.04. The first kappa shape index (κ1) is 17.3. The number of aromatic nitrogens is 2. The molecule has 23 heavy (non-hydrogen) atoms. The van der Waals surface area contributed by atoms with Crippen molar-refractivity contribution in [1.29, 1.82) is 0 Å². The molecule has 126 valence electrons. The number of H-pyrrole nitrogens is 1. The van der Waals surface area contributed by atoms with Crippen LogP contribution < -0.4 is 5.32 Å². The van der Waals surface area contributed by atoms with Gasteiger partial charge in [-0.25, -0.2) is 9.78 Å². The van der Waals surface area contributed by atoms with Gasteiger partial charge in [-0.3, -0.25) is 0 Å². The lowest BCUT2D eigenvalue weighted by Crippen LogP contribution is -2.42. The van der Waals surface area contributed by atoms with Crippen molar-refractivity contribution < 1.29 is 4.79 Å². The number of fused-ring (bicyclic) bond motifs is 1. The second-order valence-electron chi connectivity index (χ2n) is 6.18. The second-order valence-corrected chi connectivity index (χ2v) is 6.18. The molecule has 0 aliphatic heterocycles. The Morgan fingerprint density at radius 1 is 1.22 bits per heavy atom. The van der Waals surface area contributed by atoms with E-state index in [1.54, 1.807) is 4.90 Å². The number of hydrogen-bond acceptors (Lipinski definition) is 3. The summed E-state index contributed by atoms with van der Waals surface area (Å²) in [4.78, 5) is 23.9. The van der Waals surface area contributed by atoms with Crippen LogP contribution in [0.25, 0.3) is 11.0 Å². The zero-order valence-electron chi connectivity index (χ0n) is 14.7. The third-order valence-corrected chi connectivity index (χ3v) is 4.04. The van der Waals surface area contributed by atoms with E-state index in [1.165, 1.54) is 11.1 Å². The molecule has 2 N–H and O–H groups in total. The molecule has 1 heterocycles. The first-order valence-electron chi connectivity index (χ1n) is 8.04. The van der Waals surface area contributed by atoms with Crippen LogP contribution in [-0.4, -0.2) is 59.5 Å². The fraction of sp³-hybridized carbons (Fsp3) is 0.529. The Morgan fingerprint density at radius 2 is 1.91 bits per heavy atom. The van der Waals surface area contributed by atoms with Crippen molar-refractivity contribution in [2.75, 3.05) is 33.7 Å². The van der Waals surface area contributed by atoms with E-state index >= 15 is 0 Å². The number of benzene rings is 1. The molecule has 0 spiro atoms. The van der Waals surface area contributed by atoms with Gasteiger partial charge in [-0.2, -0.15) is 0 Å². The number of aromatic amines is 1. The molecule has 0 unspecified atom stereocenters. The van der Waals surface area contributed by atoms with E-state index in [4.69, 9.17) is 0 Å². The number of imidazole rings is 1. The van der Waals surface area contributed by atoms with E-state index < -0.39 is 0 Å². The van der Waals surface area contributed by atoms with Gasteiger partial charge in [0.25, 0.3) is 0 Å². The Bertz CT molecular complexity index is 638. The highest BCUT2D eigenvalue weighted by molar-refractivity contribution is 5.77. The molecule has 2 rings (SSSR count). The maximum atomic E-state index is 12.2. The minimum atomic E-state index is -0.0535. The fourth-order valence-corrected chi connectivity index (χ4v) is 2.40. The van der Waals surface area contributed by atoms with Crippen molar-refractivity contribution in [2.45, 2.75) is 27.3 Å². The van der Waals surface area contributed by atoms with Crippen molar-refractivity contribution in [3.8, 4) is 0 Å². The predicted molar refractivity (Wildman–Crippen MR) is 93.6 cm³/mol. The highest BCUT2D eigenvalue weighted by Crippen LogP contribution is 2.17. The summed E-state index contributed by atoms with van der Waals surface area (Å²) in [6, 6.07) is 4.11. The minimum Gasteiger partial charge on any atom is -0.340 e. The molecular formula is C17H27N5O. The molecule has 0 fully saturated rings. The molecule has 1 aromatic heterocycles. The molecule has 6 nitrogen and oxygen atoms in total. The van der Waals surface area contributed by atoms with Gasteiger partial charge in [-0.1, -0.05) is 0 Å². The van der Waals surface area contributed by atoms with Gasteiger partial charge < -0.3 is 20.1 Å². The minimum absolute atomic E-state index is 0.0535. The number of rotatable bonds is 6. The summed E-state index contributed by atoms with van der Waals surface area (Å²) in [5.41, 5.74) is 4.41. The number of carbonyl (C=O) groups excluding carboxylic acids is 1. The SMILES string of the molecule is CCN(CCN(C)C)C(=O)NCc1nc2cc(C)c(C)cc2[nH]1. The smallest absolute Gasteiger partial charge is 0.317 e. The molecule has 0 aliphatic carbocycles. The molecule has 0 aliphatic rings. The Morgan fingerprint density at radius 3 is 2.57 bits per heavy atom. The quantitative estimate of drug-likeness (QED) is 0.859. The largest absolute Gasteiger partial charge is 0.340 e.